The molecule has 1 aliphatic rings. The maximum absolute atomic E-state index is 10.3. The largest absolute Gasteiger partial charge is 0.299 e. The van der Waals surface area contributed by atoms with Crippen molar-refractivity contribution < 1.29 is 4.79 Å². The minimum absolute atomic E-state index is 0.300. The van der Waals surface area contributed by atoms with Crippen molar-refractivity contribution in [3.05, 3.63) is 59.3 Å². The molecular weight excluding hydrogens is 244 g/mol. The molecule has 0 aromatic carbocycles. The van der Waals surface area contributed by atoms with Crippen LogP contribution in [0, 0.1) is 5.41 Å². The summed E-state index contributed by atoms with van der Waals surface area (Å²) in [6.45, 7) is 8.64. The third kappa shape index (κ3) is 5.56. The summed E-state index contributed by atoms with van der Waals surface area (Å²) in [5.41, 5.74) is 3.91. The van der Waals surface area contributed by atoms with E-state index in [1.54, 1.807) is 6.08 Å². The molecular formula is C19H26O. The summed E-state index contributed by atoms with van der Waals surface area (Å²) in [4.78, 5) is 10.3. The molecule has 0 aromatic rings. The molecule has 0 heterocycles. The van der Waals surface area contributed by atoms with E-state index in [1.807, 2.05) is 19.1 Å². The van der Waals surface area contributed by atoms with Crippen molar-refractivity contribution in [3.63, 3.8) is 0 Å². The summed E-state index contributed by atoms with van der Waals surface area (Å²) in [5.74, 6) is 0. The third-order valence-electron chi connectivity index (χ3n) is 3.73. The van der Waals surface area contributed by atoms with Crippen LogP contribution < -0.4 is 0 Å². The average molecular weight is 270 g/mol. The van der Waals surface area contributed by atoms with E-state index < -0.39 is 0 Å². The standard InChI is InChI=1S/C19H26O/c1-16(8-7-9-17(2)13-15-20)11-12-18-10-5-6-14-19(18,3)4/h7-13,15H,5-6,14H2,1-4H3/b9-7+,12-11+,16-8+,17-13+. The lowest BCUT2D eigenvalue weighted by Crippen LogP contribution is -2.16. The minimum atomic E-state index is 0.300. The van der Waals surface area contributed by atoms with Gasteiger partial charge in [0.25, 0.3) is 0 Å². The van der Waals surface area contributed by atoms with Gasteiger partial charge in [-0.1, -0.05) is 55.9 Å². The topological polar surface area (TPSA) is 17.1 Å². The maximum atomic E-state index is 10.3. The molecule has 1 aliphatic carbocycles. The average Bonchev–Trinajstić information content (AvgIpc) is 2.37. The molecule has 0 amide bonds. The fourth-order valence-electron chi connectivity index (χ4n) is 2.31. The van der Waals surface area contributed by atoms with E-state index in [4.69, 9.17) is 0 Å². The molecule has 0 aromatic heterocycles. The van der Waals surface area contributed by atoms with Crippen molar-refractivity contribution in [1.82, 2.24) is 0 Å². The summed E-state index contributed by atoms with van der Waals surface area (Å²) in [5, 5.41) is 0. The zero-order chi connectivity index (χ0) is 15.0. The van der Waals surface area contributed by atoms with Crippen molar-refractivity contribution in [1.29, 1.82) is 0 Å². The first kappa shape index (κ1) is 16.4. The van der Waals surface area contributed by atoms with Gasteiger partial charge in [-0.25, -0.2) is 0 Å². The van der Waals surface area contributed by atoms with Crippen LogP contribution in [0.2, 0.25) is 0 Å². The summed E-state index contributed by atoms with van der Waals surface area (Å²) >= 11 is 0. The van der Waals surface area contributed by atoms with E-state index in [1.165, 1.54) is 30.4 Å². The first-order valence-corrected chi connectivity index (χ1v) is 7.31. The number of rotatable bonds is 5. The smallest absolute Gasteiger partial charge is 0.143 e. The molecule has 0 saturated carbocycles. The van der Waals surface area contributed by atoms with E-state index in [0.717, 1.165) is 11.9 Å². The highest BCUT2D eigenvalue weighted by Crippen LogP contribution is 2.37. The van der Waals surface area contributed by atoms with Gasteiger partial charge in [0.1, 0.15) is 6.29 Å². The van der Waals surface area contributed by atoms with Gasteiger partial charge in [-0.2, -0.15) is 0 Å². The van der Waals surface area contributed by atoms with Gasteiger partial charge in [-0.15, -0.1) is 0 Å². The maximum Gasteiger partial charge on any atom is 0.143 e. The van der Waals surface area contributed by atoms with Crippen LogP contribution >= 0.6 is 0 Å². The van der Waals surface area contributed by atoms with Crippen LogP contribution in [0.15, 0.2) is 59.3 Å². The lowest BCUT2D eigenvalue weighted by Gasteiger charge is -2.30. The zero-order valence-corrected chi connectivity index (χ0v) is 13.1. The van der Waals surface area contributed by atoms with Crippen molar-refractivity contribution in [2.75, 3.05) is 0 Å². The molecule has 0 aliphatic heterocycles. The number of aldehydes is 1. The quantitative estimate of drug-likeness (QED) is 0.375. The first-order valence-electron chi connectivity index (χ1n) is 7.31. The van der Waals surface area contributed by atoms with Crippen molar-refractivity contribution in [3.8, 4) is 0 Å². The molecule has 0 spiro atoms. The Morgan fingerprint density at radius 3 is 2.50 bits per heavy atom. The summed E-state index contributed by atoms with van der Waals surface area (Å²) < 4.78 is 0. The third-order valence-corrected chi connectivity index (χ3v) is 3.73. The van der Waals surface area contributed by atoms with Crippen LogP contribution in [0.25, 0.3) is 0 Å². The summed E-state index contributed by atoms with van der Waals surface area (Å²) in [6.07, 6.45) is 18.9. The van der Waals surface area contributed by atoms with E-state index in [-0.39, 0.29) is 0 Å². The molecule has 0 saturated heterocycles. The Morgan fingerprint density at radius 1 is 1.15 bits per heavy atom. The molecule has 108 valence electrons. The normalized spacial score (nSPS) is 20.5. The Kier molecular flexibility index (Phi) is 6.44. The summed E-state index contributed by atoms with van der Waals surface area (Å²) in [6, 6.07) is 0. The molecule has 0 atom stereocenters. The Hall–Kier alpha value is -1.63. The van der Waals surface area contributed by atoms with E-state index in [2.05, 4.69) is 45.1 Å². The Morgan fingerprint density at radius 2 is 1.85 bits per heavy atom. The van der Waals surface area contributed by atoms with Crippen LogP contribution in [-0.4, -0.2) is 6.29 Å². The number of carbonyl (C=O) groups excluding carboxylic acids is 1. The molecule has 0 N–H and O–H groups in total. The molecule has 1 rings (SSSR count). The highest BCUT2D eigenvalue weighted by atomic mass is 16.1. The van der Waals surface area contributed by atoms with Gasteiger partial charge < -0.3 is 0 Å². The van der Waals surface area contributed by atoms with Crippen molar-refractivity contribution in [2.45, 2.75) is 47.0 Å². The zero-order valence-electron chi connectivity index (χ0n) is 13.1. The van der Waals surface area contributed by atoms with Gasteiger partial charge in [0, 0.05) is 0 Å². The molecule has 1 heteroatoms. The van der Waals surface area contributed by atoms with Crippen LogP contribution in [-0.2, 0) is 4.79 Å². The fourth-order valence-corrected chi connectivity index (χ4v) is 2.31. The molecule has 0 bridgehead atoms. The number of hydrogen-bond acceptors (Lipinski definition) is 1. The van der Waals surface area contributed by atoms with E-state index in [9.17, 15) is 4.79 Å². The van der Waals surface area contributed by atoms with Gasteiger partial charge in [0.15, 0.2) is 0 Å². The van der Waals surface area contributed by atoms with Crippen molar-refractivity contribution in [2.24, 2.45) is 5.41 Å². The van der Waals surface area contributed by atoms with Crippen LogP contribution in [0.1, 0.15) is 47.0 Å². The fraction of sp³-hybridized carbons (Fsp3) is 0.421. The van der Waals surface area contributed by atoms with E-state index >= 15 is 0 Å². The SMILES string of the molecule is CC(/C=C/C=C(C)/C=C/C1=CCCCC1(C)C)=C\C=O. The molecule has 0 unspecified atom stereocenters. The predicted octanol–water partition coefficient (Wildman–Crippen LogP) is 5.33. The van der Waals surface area contributed by atoms with Gasteiger partial charge in [0.05, 0.1) is 0 Å². The minimum Gasteiger partial charge on any atom is -0.299 e. The number of hydrogen-bond donors (Lipinski definition) is 0. The van der Waals surface area contributed by atoms with E-state index in [0.29, 0.717) is 5.41 Å². The second kappa shape index (κ2) is 7.84. The lowest BCUT2D eigenvalue weighted by atomic mass is 9.75. The second-order valence-corrected chi connectivity index (χ2v) is 6.09. The van der Waals surface area contributed by atoms with Crippen LogP contribution in [0.3, 0.4) is 0 Å². The van der Waals surface area contributed by atoms with Gasteiger partial charge in [0.2, 0.25) is 0 Å². The predicted molar refractivity (Wildman–Crippen MR) is 87.6 cm³/mol. The van der Waals surface area contributed by atoms with Gasteiger partial charge in [-0.3, -0.25) is 4.79 Å². The van der Waals surface area contributed by atoms with Crippen LogP contribution in [0.5, 0.6) is 0 Å². The van der Waals surface area contributed by atoms with Crippen molar-refractivity contribution >= 4 is 6.29 Å². The van der Waals surface area contributed by atoms with Gasteiger partial charge >= 0.3 is 0 Å². The highest BCUT2D eigenvalue weighted by Gasteiger charge is 2.23. The second-order valence-electron chi connectivity index (χ2n) is 6.09. The Bertz CT molecular complexity index is 482. The monoisotopic (exact) mass is 270 g/mol. The lowest BCUT2D eigenvalue weighted by molar-refractivity contribution is -0.104. The van der Waals surface area contributed by atoms with Gasteiger partial charge in [-0.05, 0) is 55.7 Å². The molecule has 20 heavy (non-hydrogen) atoms. The number of carbonyl (C=O) groups is 1. The number of allylic oxidation sites excluding steroid dienone is 10. The molecule has 1 nitrogen and oxygen atoms in total. The Balaban J connectivity index is 2.68. The van der Waals surface area contributed by atoms with Crippen LogP contribution in [0.4, 0.5) is 0 Å². The molecule has 0 radical (unpaired) electrons. The summed E-state index contributed by atoms with van der Waals surface area (Å²) in [7, 11) is 0. The Labute approximate surface area is 123 Å². The highest BCUT2D eigenvalue weighted by molar-refractivity contribution is 5.66. The molecule has 0 fully saturated rings. The first-order chi connectivity index (χ1) is 9.45.